The zero-order chi connectivity index (χ0) is 20.6. The molecule has 0 saturated heterocycles. The van der Waals surface area contributed by atoms with Gasteiger partial charge in [0.05, 0.1) is 5.56 Å². The highest BCUT2D eigenvalue weighted by Crippen LogP contribution is 2.48. The molecule has 1 fully saturated rings. The van der Waals surface area contributed by atoms with Crippen LogP contribution in [0.25, 0.3) is 11.1 Å². The molecule has 8 nitrogen and oxygen atoms in total. The first-order valence-corrected chi connectivity index (χ1v) is 9.73. The molecule has 0 radical (unpaired) electrons. The van der Waals surface area contributed by atoms with Gasteiger partial charge in [-0.25, -0.2) is 19.9 Å². The Hall–Kier alpha value is -3.83. The maximum absolute atomic E-state index is 8.94. The fourth-order valence-electron chi connectivity index (χ4n) is 3.98. The van der Waals surface area contributed by atoms with Gasteiger partial charge in [-0.2, -0.15) is 5.26 Å². The highest BCUT2D eigenvalue weighted by molar-refractivity contribution is 5.93. The SMILES string of the molecule is N#Cc1ccc(C2=NC(C3(c4ccc(-c5cnc(N)nc5)cc4)CCC3)NO2)nc1. The summed E-state index contributed by atoms with van der Waals surface area (Å²) in [6.07, 6.45) is 7.98. The van der Waals surface area contributed by atoms with Crippen LogP contribution in [-0.4, -0.2) is 27.0 Å². The minimum absolute atomic E-state index is 0.121. The highest BCUT2D eigenvalue weighted by Gasteiger charge is 2.48. The number of hydroxylamine groups is 1. The van der Waals surface area contributed by atoms with Crippen molar-refractivity contribution in [1.29, 1.82) is 5.26 Å². The lowest BCUT2D eigenvalue weighted by Gasteiger charge is -2.44. The van der Waals surface area contributed by atoms with Crippen LogP contribution in [0.1, 0.15) is 36.1 Å². The summed E-state index contributed by atoms with van der Waals surface area (Å²) in [5, 5.41) is 8.94. The number of nitrogens with one attached hydrogen (secondary N) is 1. The molecule has 3 N–H and O–H groups in total. The smallest absolute Gasteiger partial charge is 0.260 e. The van der Waals surface area contributed by atoms with Gasteiger partial charge in [0, 0.05) is 29.6 Å². The van der Waals surface area contributed by atoms with E-state index in [0.29, 0.717) is 17.2 Å². The van der Waals surface area contributed by atoms with E-state index >= 15 is 0 Å². The summed E-state index contributed by atoms with van der Waals surface area (Å²) in [4.78, 5) is 22.8. The Kier molecular flexibility index (Phi) is 4.38. The van der Waals surface area contributed by atoms with Crippen molar-refractivity contribution < 1.29 is 4.84 Å². The number of pyridine rings is 1. The van der Waals surface area contributed by atoms with Crippen molar-refractivity contribution in [2.75, 3.05) is 5.73 Å². The molecule has 8 heteroatoms. The first kappa shape index (κ1) is 18.2. The van der Waals surface area contributed by atoms with E-state index in [1.807, 2.05) is 0 Å². The number of nitriles is 1. The summed E-state index contributed by atoms with van der Waals surface area (Å²) in [7, 11) is 0. The van der Waals surface area contributed by atoms with E-state index in [1.165, 1.54) is 11.8 Å². The van der Waals surface area contributed by atoms with Crippen LogP contribution in [0.4, 0.5) is 5.95 Å². The molecule has 5 rings (SSSR count). The summed E-state index contributed by atoms with van der Waals surface area (Å²) in [6.45, 7) is 0. The molecule has 0 amide bonds. The lowest BCUT2D eigenvalue weighted by Crippen LogP contribution is -2.49. The van der Waals surface area contributed by atoms with E-state index in [0.717, 1.165) is 30.4 Å². The van der Waals surface area contributed by atoms with Crippen molar-refractivity contribution in [3.8, 4) is 17.2 Å². The largest absolute Gasteiger partial charge is 0.384 e. The van der Waals surface area contributed by atoms with Crippen molar-refractivity contribution in [2.24, 2.45) is 4.99 Å². The summed E-state index contributed by atoms with van der Waals surface area (Å²) in [6, 6.07) is 14.0. The molecular weight excluding hydrogens is 378 g/mol. The predicted molar refractivity (Wildman–Crippen MR) is 111 cm³/mol. The molecule has 1 aliphatic carbocycles. The monoisotopic (exact) mass is 397 g/mol. The number of benzene rings is 1. The number of aliphatic imine (C=N–C) groups is 1. The lowest BCUT2D eigenvalue weighted by molar-refractivity contribution is 0.0904. The molecule has 1 atom stereocenters. The predicted octanol–water partition coefficient (Wildman–Crippen LogP) is 2.72. The van der Waals surface area contributed by atoms with Crippen molar-refractivity contribution in [3.63, 3.8) is 0 Å². The normalized spacial score (nSPS) is 19.3. The molecule has 0 spiro atoms. The molecule has 2 aromatic heterocycles. The minimum Gasteiger partial charge on any atom is -0.384 e. The van der Waals surface area contributed by atoms with Crippen LogP contribution in [-0.2, 0) is 10.3 Å². The number of nitrogen functional groups attached to an aromatic ring is 1. The zero-order valence-electron chi connectivity index (χ0n) is 16.1. The maximum Gasteiger partial charge on any atom is 0.260 e. The summed E-state index contributed by atoms with van der Waals surface area (Å²) in [5.74, 6) is 0.716. The van der Waals surface area contributed by atoms with E-state index in [4.69, 9.17) is 20.8 Å². The third kappa shape index (κ3) is 3.06. The van der Waals surface area contributed by atoms with Crippen LogP contribution < -0.4 is 11.2 Å². The molecule has 1 unspecified atom stereocenters. The molecule has 1 aromatic carbocycles. The Morgan fingerprint density at radius 3 is 2.37 bits per heavy atom. The van der Waals surface area contributed by atoms with Gasteiger partial charge < -0.3 is 10.6 Å². The third-order valence-electron chi connectivity index (χ3n) is 5.86. The fraction of sp³-hybridized carbons (Fsp3) is 0.227. The quantitative estimate of drug-likeness (QED) is 0.694. The number of nitrogens with zero attached hydrogens (tertiary/aromatic N) is 5. The Morgan fingerprint density at radius 1 is 1.00 bits per heavy atom. The molecule has 3 heterocycles. The topological polar surface area (TPSA) is 122 Å². The van der Waals surface area contributed by atoms with Crippen LogP contribution in [0.2, 0.25) is 0 Å². The number of nitrogens with two attached hydrogens (primary N) is 1. The van der Waals surface area contributed by atoms with Crippen LogP contribution in [0, 0.1) is 11.3 Å². The summed E-state index contributed by atoms with van der Waals surface area (Å²) < 4.78 is 0. The minimum atomic E-state index is -0.190. The first-order valence-electron chi connectivity index (χ1n) is 9.73. The third-order valence-corrected chi connectivity index (χ3v) is 5.86. The Morgan fingerprint density at radius 2 is 1.77 bits per heavy atom. The number of hydrogen-bond donors (Lipinski definition) is 2. The van der Waals surface area contributed by atoms with Gasteiger partial charge in [-0.1, -0.05) is 30.7 Å². The fourth-order valence-corrected chi connectivity index (χ4v) is 3.98. The molecule has 1 saturated carbocycles. The number of aromatic nitrogens is 3. The van der Waals surface area contributed by atoms with Gasteiger partial charge in [-0.3, -0.25) is 0 Å². The number of rotatable bonds is 4. The van der Waals surface area contributed by atoms with Crippen molar-refractivity contribution in [2.45, 2.75) is 30.8 Å². The van der Waals surface area contributed by atoms with Crippen LogP contribution in [0.5, 0.6) is 0 Å². The Bertz CT molecular complexity index is 1130. The van der Waals surface area contributed by atoms with Crippen LogP contribution in [0.3, 0.4) is 0 Å². The van der Waals surface area contributed by atoms with E-state index < -0.39 is 0 Å². The van der Waals surface area contributed by atoms with Gasteiger partial charge in [-0.15, -0.1) is 5.48 Å². The van der Waals surface area contributed by atoms with E-state index in [9.17, 15) is 0 Å². The summed E-state index contributed by atoms with van der Waals surface area (Å²) >= 11 is 0. The van der Waals surface area contributed by atoms with E-state index in [1.54, 1.807) is 24.5 Å². The number of hydrogen-bond acceptors (Lipinski definition) is 8. The molecule has 2 aliphatic rings. The van der Waals surface area contributed by atoms with Gasteiger partial charge in [0.2, 0.25) is 5.95 Å². The van der Waals surface area contributed by atoms with E-state index in [2.05, 4.69) is 50.8 Å². The maximum atomic E-state index is 8.94. The standard InChI is InChI=1S/C22H19N7O/c23-10-14-2-7-18(25-11-14)19-28-20(29-30-19)22(8-1-9-22)17-5-3-15(4-6-17)16-12-26-21(24)27-13-16/h2-7,11-13,20,29H,1,8-9H2,(H2,24,26,27). The second kappa shape index (κ2) is 7.21. The first-order chi connectivity index (χ1) is 14.7. The van der Waals surface area contributed by atoms with Gasteiger partial charge in [0.25, 0.3) is 5.90 Å². The molecule has 148 valence electrons. The van der Waals surface area contributed by atoms with Crippen molar-refractivity contribution >= 4 is 11.8 Å². The average molecular weight is 397 g/mol. The molecule has 3 aromatic rings. The highest BCUT2D eigenvalue weighted by atomic mass is 16.7. The lowest BCUT2D eigenvalue weighted by atomic mass is 9.62. The van der Waals surface area contributed by atoms with Crippen LogP contribution in [0.15, 0.2) is 60.0 Å². The Labute approximate surface area is 173 Å². The van der Waals surface area contributed by atoms with Gasteiger partial charge >= 0.3 is 0 Å². The van der Waals surface area contributed by atoms with Gasteiger partial charge in [-0.05, 0) is 36.1 Å². The summed E-state index contributed by atoms with van der Waals surface area (Å²) in [5.41, 5.74) is 12.8. The second-order valence-electron chi connectivity index (χ2n) is 7.52. The Balaban J connectivity index is 1.41. The van der Waals surface area contributed by atoms with Crippen molar-refractivity contribution in [3.05, 3.63) is 71.8 Å². The zero-order valence-corrected chi connectivity index (χ0v) is 16.1. The molecule has 1 aliphatic heterocycles. The van der Waals surface area contributed by atoms with E-state index in [-0.39, 0.29) is 17.5 Å². The molecular formula is C22H19N7O. The molecule has 30 heavy (non-hydrogen) atoms. The van der Waals surface area contributed by atoms with Crippen LogP contribution >= 0.6 is 0 Å². The van der Waals surface area contributed by atoms with Gasteiger partial charge in [0.15, 0.2) is 0 Å². The second-order valence-corrected chi connectivity index (χ2v) is 7.52. The van der Waals surface area contributed by atoms with Gasteiger partial charge in [0.1, 0.15) is 17.9 Å². The number of anilines is 1. The van der Waals surface area contributed by atoms with Crippen molar-refractivity contribution in [1.82, 2.24) is 20.4 Å². The average Bonchev–Trinajstić information content (AvgIpc) is 3.24. The molecule has 0 bridgehead atoms.